The smallest absolute Gasteiger partial charge is 0.156 e. The van der Waals surface area contributed by atoms with Crippen molar-refractivity contribution in [2.75, 3.05) is 7.11 Å². The summed E-state index contributed by atoms with van der Waals surface area (Å²) in [6, 6.07) is 7.52. The predicted molar refractivity (Wildman–Crippen MR) is 58.1 cm³/mol. The number of thiophene rings is 1. The third kappa shape index (κ3) is 1.33. The Labute approximate surface area is 90.3 Å². The van der Waals surface area contributed by atoms with Gasteiger partial charge in [0, 0.05) is 10.1 Å². The molecule has 0 saturated heterocycles. The number of halogens is 1. The van der Waals surface area contributed by atoms with E-state index in [1.54, 1.807) is 13.2 Å². The van der Waals surface area contributed by atoms with Gasteiger partial charge < -0.3 is 4.74 Å². The molecule has 0 radical (unpaired) electrons. The average Bonchev–Trinajstić information content (AvgIpc) is 2.51. The first-order valence-electron chi connectivity index (χ1n) is 3.92. The van der Waals surface area contributed by atoms with Gasteiger partial charge in [-0.25, -0.2) is 0 Å². The Morgan fingerprint density at radius 3 is 2.93 bits per heavy atom. The number of benzene rings is 1. The first kappa shape index (κ1) is 9.32. The molecule has 2 nitrogen and oxygen atoms in total. The van der Waals surface area contributed by atoms with Crippen molar-refractivity contribution in [2.24, 2.45) is 0 Å². The van der Waals surface area contributed by atoms with Crippen molar-refractivity contribution >= 4 is 33.0 Å². The molecule has 4 heteroatoms. The first-order chi connectivity index (χ1) is 6.76. The van der Waals surface area contributed by atoms with Gasteiger partial charge in [-0.1, -0.05) is 11.6 Å². The van der Waals surface area contributed by atoms with Crippen LogP contribution in [0.25, 0.3) is 10.1 Å². The van der Waals surface area contributed by atoms with Crippen LogP contribution in [0.5, 0.6) is 5.75 Å². The minimum Gasteiger partial charge on any atom is -0.494 e. The lowest BCUT2D eigenvalue weighted by atomic mass is 10.2. The summed E-state index contributed by atoms with van der Waals surface area (Å²) in [6.07, 6.45) is 0. The molecule has 2 aromatic rings. The fourth-order valence-corrected chi connectivity index (χ4v) is 2.67. The predicted octanol–water partition coefficient (Wildman–Crippen LogP) is 3.43. The Morgan fingerprint density at radius 1 is 1.50 bits per heavy atom. The maximum atomic E-state index is 8.72. The number of ether oxygens (including phenoxy) is 1. The molecule has 14 heavy (non-hydrogen) atoms. The minimum atomic E-state index is 0.623. The van der Waals surface area contributed by atoms with E-state index in [9.17, 15) is 0 Å². The summed E-state index contributed by atoms with van der Waals surface area (Å²) in [7, 11) is 1.59. The van der Waals surface area contributed by atoms with Crippen LogP contribution >= 0.6 is 22.9 Å². The SMILES string of the molecule is COc1c(Cl)sc2cc(C#N)ccc12. The van der Waals surface area contributed by atoms with E-state index < -0.39 is 0 Å². The lowest BCUT2D eigenvalue weighted by Crippen LogP contribution is -1.80. The maximum Gasteiger partial charge on any atom is 0.156 e. The van der Waals surface area contributed by atoms with Gasteiger partial charge in [0.05, 0.1) is 18.7 Å². The lowest BCUT2D eigenvalue weighted by molar-refractivity contribution is 0.421. The molecular weight excluding hydrogens is 218 g/mol. The molecule has 0 aliphatic heterocycles. The first-order valence-corrected chi connectivity index (χ1v) is 5.12. The Morgan fingerprint density at radius 2 is 2.29 bits per heavy atom. The van der Waals surface area contributed by atoms with Crippen molar-refractivity contribution in [2.45, 2.75) is 0 Å². The molecule has 0 fully saturated rings. The molecular formula is C10H6ClNOS. The molecule has 0 unspecified atom stereocenters. The molecule has 1 aromatic heterocycles. The van der Waals surface area contributed by atoms with E-state index >= 15 is 0 Å². The Balaban J connectivity index is 2.76. The summed E-state index contributed by atoms with van der Waals surface area (Å²) >= 11 is 7.40. The van der Waals surface area contributed by atoms with Crippen LogP contribution in [-0.2, 0) is 0 Å². The van der Waals surface area contributed by atoms with E-state index in [4.69, 9.17) is 21.6 Å². The highest BCUT2D eigenvalue weighted by Gasteiger charge is 2.10. The molecule has 2 rings (SSSR count). The van der Waals surface area contributed by atoms with Gasteiger partial charge in [-0.2, -0.15) is 5.26 Å². The fraction of sp³-hybridized carbons (Fsp3) is 0.100. The summed E-state index contributed by atoms with van der Waals surface area (Å²) in [6.45, 7) is 0. The van der Waals surface area contributed by atoms with Crippen LogP contribution in [0.15, 0.2) is 18.2 Å². The van der Waals surface area contributed by atoms with Gasteiger partial charge in [0.1, 0.15) is 4.34 Å². The fourth-order valence-electron chi connectivity index (χ4n) is 1.30. The Hall–Kier alpha value is -1.24. The third-order valence-electron chi connectivity index (χ3n) is 1.94. The van der Waals surface area contributed by atoms with Crippen LogP contribution in [0.2, 0.25) is 4.34 Å². The summed E-state index contributed by atoms with van der Waals surface area (Å²) in [5.41, 5.74) is 0.637. The highest BCUT2D eigenvalue weighted by Crippen LogP contribution is 2.41. The van der Waals surface area contributed by atoms with Crippen LogP contribution in [0.3, 0.4) is 0 Å². The van der Waals surface area contributed by atoms with Gasteiger partial charge in [0.15, 0.2) is 5.75 Å². The molecule has 1 aromatic carbocycles. The second-order valence-corrected chi connectivity index (χ2v) is 4.39. The zero-order valence-corrected chi connectivity index (χ0v) is 8.95. The second kappa shape index (κ2) is 3.49. The zero-order chi connectivity index (χ0) is 10.1. The molecule has 0 saturated carbocycles. The van der Waals surface area contributed by atoms with Crippen LogP contribution < -0.4 is 4.74 Å². The van der Waals surface area contributed by atoms with Gasteiger partial charge in [0.25, 0.3) is 0 Å². The van der Waals surface area contributed by atoms with E-state index in [0.717, 1.165) is 10.1 Å². The highest BCUT2D eigenvalue weighted by molar-refractivity contribution is 7.23. The molecule has 0 bridgehead atoms. The number of nitriles is 1. The largest absolute Gasteiger partial charge is 0.494 e. The van der Waals surface area contributed by atoms with Gasteiger partial charge in [-0.05, 0) is 18.2 Å². The van der Waals surface area contributed by atoms with Crippen molar-refractivity contribution < 1.29 is 4.74 Å². The second-order valence-electron chi connectivity index (χ2n) is 2.73. The van der Waals surface area contributed by atoms with Gasteiger partial charge in [-0.3, -0.25) is 0 Å². The summed E-state index contributed by atoms with van der Waals surface area (Å²) in [5, 5.41) is 9.68. The minimum absolute atomic E-state index is 0.623. The summed E-state index contributed by atoms with van der Waals surface area (Å²) in [5.74, 6) is 0.691. The average molecular weight is 224 g/mol. The number of hydrogen-bond donors (Lipinski definition) is 0. The molecule has 0 aliphatic carbocycles. The van der Waals surface area contributed by atoms with Crippen molar-refractivity contribution in [1.82, 2.24) is 0 Å². The third-order valence-corrected chi connectivity index (χ3v) is 3.26. The van der Waals surface area contributed by atoms with Crippen LogP contribution in [-0.4, -0.2) is 7.11 Å². The summed E-state index contributed by atoms with van der Waals surface area (Å²) < 4.78 is 6.77. The number of fused-ring (bicyclic) bond motifs is 1. The quantitative estimate of drug-likeness (QED) is 0.742. The molecule has 0 N–H and O–H groups in total. The summed E-state index contributed by atoms with van der Waals surface area (Å²) in [4.78, 5) is 0. The maximum absolute atomic E-state index is 8.72. The standard InChI is InChI=1S/C10H6ClNOS/c1-13-9-7-3-2-6(5-12)4-8(7)14-10(9)11/h2-4H,1H3. The highest BCUT2D eigenvalue weighted by atomic mass is 35.5. The molecule has 0 amide bonds. The van der Waals surface area contributed by atoms with E-state index in [2.05, 4.69) is 6.07 Å². The monoisotopic (exact) mass is 223 g/mol. The zero-order valence-electron chi connectivity index (χ0n) is 7.37. The van der Waals surface area contributed by atoms with Crippen molar-refractivity contribution in [1.29, 1.82) is 5.26 Å². The van der Waals surface area contributed by atoms with Crippen LogP contribution in [0.4, 0.5) is 0 Å². The van der Waals surface area contributed by atoms with Gasteiger partial charge >= 0.3 is 0 Å². The van der Waals surface area contributed by atoms with Crippen LogP contribution in [0.1, 0.15) is 5.56 Å². The number of hydrogen-bond acceptors (Lipinski definition) is 3. The van der Waals surface area contributed by atoms with Crippen LogP contribution in [0, 0.1) is 11.3 Å². The number of methoxy groups -OCH3 is 1. The molecule has 0 aliphatic rings. The van der Waals surface area contributed by atoms with E-state index in [0.29, 0.717) is 15.6 Å². The molecule has 0 spiro atoms. The Bertz CT molecular complexity index is 527. The van der Waals surface area contributed by atoms with Crippen molar-refractivity contribution in [3.8, 4) is 11.8 Å². The van der Waals surface area contributed by atoms with Crippen molar-refractivity contribution in [3.05, 3.63) is 28.1 Å². The van der Waals surface area contributed by atoms with Crippen molar-refractivity contribution in [3.63, 3.8) is 0 Å². The normalized spacial score (nSPS) is 10.1. The number of nitrogens with zero attached hydrogens (tertiary/aromatic N) is 1. The number of rotatable bonds is 1. The van der Waals surface area contributed by atoms with E-state index in [1.807, 2.05) is 12.1 Å². The molecule has 1 heterocycles. The van der Waals surface area contributed by atoms with Gasteiger partial charge in [-0.15, -0.1) is 11.3 Å². The Kier molecular flexibility index (Phi) is 2.32. The van der Waals surface area contributed by atoms with Gasteiger partial charge in [0.2, 0.25) is 0 Å². The van der Waals surface area contributed by atoms with E-state index in [1.165, 1.54) is 11.3 Å². The topological polar surface area (TPSA) is 33.0 Å². The lowest BCUT2D eigenvalue weighted by Gasteiger charge is -1.96. The molecule has 70 valence electrons. The van der Waals surface area contributed by atoms with E-state index in [-0.39, 0.29) is 0 Å². The molecule has 0 atom stereocenters.